The molecule has 1 aliphatic heterocycles. The third-order valence-corrected chi connectivity index (χ3v) is 10.7. The number of hydrogen-bond acceptors (Lipinski definition) is 5. The molecule has 0 aromatic carbocycles. The number of thioether (sulfide) groups is 1. The van der Waals surface area contributed by atoms with Crippen LogP contribution in [0.2, 0.25) is 0 Å². The van der Waals surface area contributed by atoms with Gasteiger partial charge in [-0.15, -0.1) is 0 Å². The van der Waals surface area contributed by atoms with Gasteiger partial charge in [0.25, 0.3) is 0 Å². The summed E-state index contributed by atoms with van der Waals surface area (Å²) >= 11 is 1.76. The van der Waals surface area contributed by atoms with Gasteiger partial charge in [-0.05, 0) is 79.6 Å². The smallest absolute Gasteiger partial charge is 0.306 e. The van der Waals surface area contributed by atoms with E-state index in [9.17, 15) is 14.7 Å². The van der Waals surface area contributed by atoms with E-state index in [0.717, 1.165) is 44.1 Å². The van der Waals surface area contributed by atoms with E-state index in [-0.39, 0.29) is 33.4 Å². The molecule has 4 nitrogen and oxygen atoms in total. The molecule has 5 aliphatic rings. The highest BCUT2D eigenvalue weighted by Crippen LogP contribution is 2.70. The second-order valence-electron chi connectivity index (χ2n) is 10.4. The minimum Gasteiger partial charge on any atom is -0.458 e. The highest BCUT2D eigenvalue weighted by Gasteiger charge is 2.69. The van der Waals surface area contributed by atoms with Crippen molar-refractivity contribution in [1.29, 1.82) is 0 Å². The molecule has 1 N–H and O–H groups in total. The summed E-state index contributed by atoms with van der Waals surface area (Å²) in [5.74, 6) is 1.52. The number of carbonyl (C=O) groups excluding carboxylic acids is 2. The molecule has 4 fully saturated rings. The molecule has 1 saturated heterocycles. The minimum atomic E-state index is -0.546. The number of aliphatic hydroxyl groups is 1. The second-order valence-corrected chi connectivity index (χ2v) is 11.4. The molecule has 0 aromatic rings. The second kappa shape index (κ2) is 6.10. The molecule has 28 heavy (non-hydrogen) atoms. The molecule has 0 unspecified atom stereocenters. The van der Waals surface area contributed by atoms with Gasteiger partial charge < -0.3 is 9.84 Å². The van der Waals surface area contributed by atoms with Crippen LogP contribution in [0.1, 0.15) is 65.2 Å². The molecule has 4 aliphatic carbocycles. The third kappa shape index (κ3) is 2.24. The van der Waals surface area contributed by atoms with Crippen molar-refractivity contribution in [2.24, 2.45) is 28.6 Å². The van der Waals surface area contributed by atoms with Crippen LogP contribution in [0.15, 0.2) is 11.6 Å². The standard InChI is InChI=1S/C23H32O4S/c1-21-8-4-13(24)12-16(21)19(26)20(28-3)18-14(21)5-9-22(2)15(18)6-10-23(22)11-7-17(25)27-23/h12,14-15,18-20,26H,4-11H2,1-3H3/t14-,15-,18+,19-,20-,21+,22-,23+/m0/s1. The van der Waals surface area contributed by atoms with Crippen LogP contribution in [0.25, 0.3) is 0 Å². The van der Waals surface area contributed by atoms with Crippen molar-refractivity contribution in [1.82, 2.24) is 0 Å². The van der Waals surface area contributed by atoms with Gasteiger partial charge in [0.05, 0.1) is 6.10 Å². The first-order valence-electron chi connectivity index (χ1n) is 10.9. The van der Waals surface area contributed by atoms with Crippen molar-refractivity contribution in [2.45, 2.75) is 82.2 Å². The lowest BCUT2D eigenvalue weighted by atomic mass is 9.45. The Morgan fingerprint density at radius 3 is 2.50 bits per heavy atom. The SMILES string of the molecule is CS[C@H]1[C@@H]2[C@H](CC[C@@]3(C)[C@H]2CC[C@@]32CCC(=O)O2)[C@@]2(C)CCC(=O)C=C2[C@@H]1O. The number of carbonyl (C=O) groups is 2. The van der Waals surface area contributed by atoms with Crippen LogP contribution >= 0.6 is 11.8 Å². The van der Waals surface area contributed by atoms with E-state index in [1.54, 1.807) is 17.8 Å². The number of hydrogen-bond donors (Lipinski definition) is 1. The zero-order valence-corrected chi connectivity index (χ0v) is 18.0. The van der Waals surface area contributed by atoms with E-state index in [1.165, 1.54) is 0 Å². The van der Waals surface area contributed by atoms with Gasteiger partial charge in [0.2, 0.25) is 0 Å². The topological polar surface area (TPSA) is 63.6 Å². The summed E-state index contributed by atoms with van der Waals surface area (Å²) in [5, 5.41) is 11.5. The molecule has 154 valence electrons. The van der Waals surface area contributed by atoms with Crippen LogP contribution < -0.4 is 0 Å². The normalized spacial score (nSPS) is 52.7. The fourth-order valence-electron chi connectivity index (χ4n) is 8.13. The number of esters is 1. The minimum absolute atomic E-state index is 0.0100. The highest BCUT2D eigenvalue weighted by molar-refractivity contribution is 7.99. The maximum atomic E-state index is 12.2. The maximum Gasteiger partial charge on any atom is 0.306 e. The van der Waals surface area contributed by atoms with Crippen LogP contribution in [-0.2, 0) is 14.3 Å². The summed E-state index contributed by atoms with van der Waals surface area (Å²) in [6, 6.07) is 0. The predicted molar refractivity (Wildman–Crippen MR) is 109 cm³/mol. The van der Waals surface area contributed by atoms with E-state index in [2.05, 4.69) is 20.1 Å². The summed E-state index contributed by atoms with van der Waals surface area (Å²) in [4.78, 5) is 24.2. The molecular formula is C23H32O4S. The molecule has 5 rings (SSSR count). The zero-order valence-electron chi connectivity index (χ0n) is 17.2. The van der Waals surface area contributed by atoms with Crippen LogP contribution in [0, 0.1) is 28.6 Å². The Kier molecular flexibility index (Phi) is 4.18. The Morgan fingerprint density at radius 1 is 1.07 bits per heavy atom. The molecule has 0 bridgehead atoms. The van der Waals surface area contributed by atoms with Gasteiger partial charge in [0.1, 0.15) is 5.60 Å². The number of fused-ring (bicyclic) bond motifs is 6. The number of rotatable bonds is 1. The quantitative estimate of drug-likeness (QED) is 0.672. The van der Waals surface area contributed by atoms with Crippen LogP contribution in [0.5, 0.6) is 0 Å². The van der Waals surface area contributed by atoms with Crippen molar-refractivity contribution in [2.75, 3.05) is 6.26 Å². The van der Waals surface area contributed by atoms with Crippen LogP contribution in [-0.4, -0.2) is 40.1 Å². The third-order valence-electron chi connectivity index (χ3n) is 9.63. The first-order valence-corrected chi connectivity index (χ1v) is 12.2. The fraction of sp³-hybridized carbons (Fsp3) is 0.826. The van der Waals surface area contributed by atoms with E-state index in [0.29, 0.717) is 30.6 Å². The van der Waals surface area contributed by atoms with Crippen LogP contribution in [0.3, 0.4) is 0 Å². The number of ketones is 1. The summed E-state index contributed by atoms with van der Waals surface area (Å²) in [5.41, 5.74) is 0.643. The molecule has 0 aromatic heterocycles. The Bertz CT molecular complexity index is 762. The Balaban J connectivity index is 1.58. The zero-order chi connectivity index (χ0) is 19.9. The van der Waals surface area contributed by atoms with Gasteiger partial charge in [-0.3, -0.25) is 9.59 Å². The number of ether oxygens (including phenoxy) is 1. The molecule has 5 heteroatoms. The van der Waals surface area contributed by atoms with Crippen molar-refractivity contribution >= 4 is 23.5 Å². The number of aliphatic hydroxyl groups excluding tert-OH is 1. The summed E-state index contributed by atoms with van der Waals surface area (Å²) in [6.45, 7) is 4.66. The van der Waals surface area contributed by atoms with Gasteiger partial charge in [-0.1, -0.05) is 13.8 Å². The Morgan fingerprint density at radius 2 is 1.82 bits per heavy atom. The van der Waals surface area contributed by atoms with Crippen LogP contribution in [0.4, 0.5) is 0 Å². The Labute approximate surface area is 171 Å². The van der Waals surface area contributed by atoms with Gasteiger partial charge in [-0.2, -0.15) is 11.8 Å². The highest BCUT2D eigenvalue weighted by atomic mass is 32.2. The average molecular weight is 405 g/mol. The fourth-order valence-corrected chi connectivity index (χ4v) is 9.22. The predicted octanol–water partition coefficient (Wildman–Crippen LogP) is 3.91. The van der Waals surface area contributed by atoms with Gasteiger partial charge in [0.15, 0.2) is 5.78 Å². The van der Waals surface area contributed by atoms with E-state index < -0.39 is 6.10 Å². The Hall–Kier alpha value is -0.810. The first-order chi connectivity index (χ1) is 13.3. The molecule has 0 amide bonds. The largest absolute Gasteiger partial charge is 0.458 e. The molecule has 3 saturated carbocycles. The molecular weight excluding hydrogens is 372 g/mol. The lowest BCUT2D eigenvalue weighted by Crippen LogP contribution is -2.61. The summed E-state index contributed by atoms with van der Waals surface area (Å²) < 4.78 is 6.04. The van der Waals surface area contributed by atoms with Crippen molar-refractivity contribution in [3.8, 4) is 0 Å². The van der Waals surface area contributed by atoms with E-state index in [4.69, 9.17) is 4.74 Å². The van der Waals surface area contributed by atoms with Gasteiger partial charge >= 0.3 is 5.97 Å². The molecule has 1 spiro atoms. The van der Waals surface area contributed by atoms with E-state index in [1.807, 2.05) is 0 Å². The lowest BCUT2D eigenvalue weighted by Gasteiger charge is -2.62. The molecule has 8 atom stereocenters. The maximum absolute atomic E-state index is 12.2. The van der Waals surface area contributed by atoms with E-state index >= 15 is 0 Å². The summed E-state index contributed by atoms with van der Waals surface area (Å²) in [6.07, 6.45) is 10.4. The first kappa shape index (κ1) is 19.2. The van der Waals surface area contributed by atoms with Gasteiger partial charge in [-0.25, -0.2) is 0 Å². The van der Waals surface area contributed by atoms with Gasteiger partial charge in [0, 0.05) is 23.5 Å². The summed E-state index contributed by atoms with van der Waals surface area (Å²) in [7, 11) is 0. The molecule has 0 radical (unpaired) electrons. The average Bonchev–Trinajstić information content (AvgIpc) is 3.18. The van der Waals surface area contributed by atoms with Crippen molar-refractivity contribution in [3.63, 3.8) is 0 Å². The van der Waals surface area contributed by atoms with Crippen molar-refractivity contribution < 1.29 is 19.4 Å². The lowest BCUT2D eigenvalue weighted by molar-refractivity contribution is -0.169. The van der Waals surface area contributed by atoms with Crippen molar-refractivity contribution in [3.05, 3.63) is 11.6 Å². The molecule has 1 heterocycles. The monoisotopic (exact) mass is 404 g/mol.